The molecule has 11 nitrogen and oxygen atoms in total. The number of nitrogens with zero attached hydrogens (tertiary/aromatic N) is 4. The zero-order chi connectivity index (χ0) is 27.6. The van der Waals surface area contributed by atoms with E-state index in [1.165, 1.54) is 19.1 Å². The van der Waals surface area contributed by atoms with Crippen molar-refractivity contribution >= 4 is 40.6 Å². The predicted molar refractivity (Wildman–Crippen MR) is 140 cm³/mol. The van der Waals surface area contributed by atoms with E-state index in [1.54, 1.807) is 25.1 Å². The Labute approximate surface area is 222 Å². The van der Waals surface area contributed by atoms with E-state index in [-0.39, 0.29) is 23.1 Å². The molecule has 0 bridgehead atoms. The van der Waals surface area contributed by atoms with Crippen molar-refractivity contribution in [2.24, 2.45) is 0 Å². The van der Waals surface area contributed by atoms with Crippen molar-refractivity contribution in [1.29, 1.82) is 0 Å². The standard InChI is InChI=1S/C26H24N4O7S/c1-5-36-25(32)17(4)29-24(31)22(38-26(29)33)13-18-12-15(2)28(16(18)3)19-6-9-21(10-7-19)37-23-11-8-20(14-27-23)30(34)35/h6-14,17H,5H2,1-4H3/b22-13+. The number of rotatable bonds is 8. The smallest absolute Gasteiger partial charge is 0.329 e. The topological polar surface area (TPSA) is 134 Å². The zero-order valence-electron chi connectivity index (χ0n) is 21.0. The normalized spacial score (nSPS) is 15.2. The average molecular weight is 537 g/mol. The Morgan fingerprint density at radius 1 is 1.18 bits per heavy atom. The molecule has 1 atom stereocenters. The van der Waals surface area contributed by atoms with Gasteiger partial charge in [0, 0.05) is 29.2 Å². The molecule has 0 saturated carbocycles. The van der Waals surface area contributed by atoms with Crippen molar-refractivity contribution in [2.45, 2.75) is 33.7 Å². The molecule has 3 heterocycles. The van der Waals surface area contributed by atoms with Crippen LogP contribution in [0.3, 0.4) is 0 Å². The third-order valence-corrected chi connectivity index (χ3v) is 6.73. The third kappa shape index (κ3) is 5.30. The number of pyridine rings is 1. The lowest BCUT2D eigenvalue weighted by Gasteiger charge is -2.19. The van der Waals surface area contributed by atoms with E-state index in [0.717, 1.165) is 45.5 Å². The Hall–Kier alpha value is -4.45. The molecular formula is C26H24N4O7S. The number of aryl methyl sites for hydroxylation is 1. The van der Waals surface area contributed by atoms with Crippen LogP contribution in [0.5, 0.6) is 11.6 Å². The number of hydrogen-bond donors (Lipinski definition) is 0. The predicted octanol–water partition coefficient (Wildman–Crippen LogP) is 5.18. The van der Waals surface area contributed by atoms with Gasteiger partial charge in [-0.3, -0.25) is 24.6 Å². The summed E-state index contributed by atoms with van der Waals surface area (Å²) < 4.78 is 12.6. The molecule has 0 spiro atoms. The molecule has 1 aliphatic rings. The first-order valence-corrected chi connectivity index (χ1v) is 12.4. The van der Waals surface area contributed by atoms with E-state index >= 15 is 0 Å². The van der Waals surface area contributed by atoms with Gasteiger partial charge in [-0.25, -0.2) is 9.78 Å². The Bertz CT molecular complexity index is 1450. The minimum absolute atomic E-state index is 0.125. The highest BCUT2D eigenvalue weighted by atomic mass is 32.2. The second kappa shape index (κ2) is 10.9. The number of hydrogen-bond acceptors (Lipinski definition) is 9. The maximum Gasteiger partial charge on any atom is 0.329 e. The molecule has 1 aromatic carbocycles. The molecule has 12 heteroatoms. The number of ether oxygens (including phenoxy) is 2. The fourth-order valence-corrected chi connectivity index (χ4v) is 4.88. The van der Waals surface area contributed by atoms with Gasteiger partial charge in [0.05, 0.1) is 16.4 Å². The summed E-state index contributed by atoms with van der Waals surface area (Å²) in [6.07, 6.45) is 2.78. The van der Waals surface area contributed by atoms with E-state index in [4.69, 9.17) is 9.47 Å². The summed E-state index contributed by atoms with van der Waals surface area (Å²) in [7, 11) is 0. The number of amides is 2. The van der Waals surface area contributed by atoms with Gasteiger partial charge in [0.1, 0.15) is 18.0 Å². The van der Waals surface area contributed by atoms with E-state index in [1.807, 2.05) is 36.6 Å². The SMILES string of the molecule is CCOC(=O)C(C)N1C(=O)S/C(=C/c2cc(C)n(-c3ccc(Oc4ccc([N+](=O)[O-])cn4)cc3)c2C)C1=O. The summed E-state index contributed by atoms with van der Waals surface area (Å²) in [4.78, 5) is 52.8. The summed E-state index contributed by atoms with van der Waals surface area (Å²) in [5, 5.41) is 10.3. The molecular weight excluding hydrogens is 512 g/mol. The van der Waals surface area contributed by atoms with E-state index < -0.39 is 28.1 Å². The van der Waals surface area contributed by atoms with Crippen LogP contribution in [0.25, 0.3) is 11.8 Å². The minimum atomic E-state index is -1.01. The first kappa shape index (κ1) is 26.6. The largest absolute Gasteiger partial charge is 0.464 e. The second-order valence-electron chi connectivity index (χ2n) is 8.35. The molecule has 0 radical (unpaired) electrons. The number of aromatic nitrogens is 2. The number of carbonyl (C=O) groups excluding carboxylic acids is 3. The van der Waals surface area contributed by atoms with Crippen molar-refractivity contribution < 1.29 is 28.8 Å². The number of imide groups is 1. The molecule has 1 unspecified atom stereocenters. The molecule has 38 heavy (non-hydrogen) atoms. The average Bonchev–Trinajstić information content (AvgIpc) is 3.32. The van der Waals surface area contributed by atoms with Crippen molar-refractivity contribution in [1.82, 2.24) is 14.5 Å². The Morgan fingerprint density at radius 3 is 2.50 bits per heavy atom. The molecule has 1 aliphatic heterocycles. The van der Waals surface area contributed by atoms with Crippen LogP contribution in [0.4, 0.5) is 10.5 Å². The quantitative estimate of drug-likeness (QED) is 0.165. The number of carbonyl (C=O) groups is 3. The summed E-state index contributed by atoms with van der Waals surface area (Å²) >= 11 is 0.787. The van der Waals surface area contributed by atoms with Crippen LogP contribution in [0, 0.1) is 24.0 Å². The molecule has 0 N–H and O–H groups in total. The van der Waals surface area contributed by atoms with Crippen molar-refractivity contribution in [3.05, 3.63) is 80.6 Å². The second-order valence-corrected chi connectivity index (χ2v) is 9.34. The zero-order valence-corrected chi connectivity index (χ0v) is 21.9. The lowest BCUT2D eigenvalue weighted by atomic mass is 10.2. The summed E-state index contributed by atoms with van der Waals surface area (Å²) in [6, 6.07) is 10.8. The van der Waals surface area contributed by atoms with Crippen LogP contribution >= 0.6 is 11.8 Å². The highest BCUT2D eigenvalue weighted by Gasteiger charge is 2.41. The molecule has 196 valence electrons. The van der Waals surface area contributed by atoms with Gasteiger partial charge in [-0.05, 0) is 81.4 Å². The van der Waals surface area contributed by atoms with Crippen molar-refractivity contribution in [2.75, 3.05) is 6.61 Å². The highest BCUT2D eigenvalue weighted by Crippen LogP contribution is 2.35. The number of thioether (sulfide) groups is 1. The van der Waals surface area contributed by atoms with Gasteiger partial charge in [-0.2, -0.15) is 0 Å². The number of esters is 1. The Morgan fingerprint density at radius 2 is 1.89 bits per heavy atom. The fraction of sp³-hybridized carbons (Fsp3) is 0.231. The third-order valence-electron chi connectivity index (χ3n) is 5.84. The number of nitro groups is 1. The molecule has 3 aromatic rings. The maximum atomic E-state index is 12.9. The first-order chi connectivity index (χ1) is 18.1. The van der Waals surface area contributed by atoms with Crippen LogP contribution < -0.4 is 4.74 Å². The fourth-order valence-electron chi connectivity index (χ4n) is 3.98. The van der Waals surface area contributed by atoms with Gasteiger partial charge in [-0.15, -0.1) is 0 Å². The molecule has 4 rings (SSSR count). The van der Waals surface area contributed by atoms with Crippen molar-refractivity contribution in [3.8, 4) is 17.3 Å². The van der Waals surface area contributed by atoms with Gasteiger partial charge in [0.25, 0.3) is 16.8 Å². The molecule has 0 aliphatic carbocycles. The monoisotopic (exact) mass is 536 g/mol. The van der Waals surface area contributed by atoms with Gasteiger partial charge in [-0.1, -0.05) is 0 Å². The minimum Gasteiger partial charge on any atom is -0.464 e. The summed E-state index contributed by atoms with van der Waals surface area (Å²) in [6.45, 7) is 7.10. The van der Waals surface area contributed by atoms with Crippen LogP contribution in [-0.4, -0.2) is 49.1 Å². The Balaban J connectivity index is 1.53. The lowest BCUT2D eigenvalue weighted by Crippen LogP contribution is -2.42. The van der Waals surface area contributed by atoms with E-state index in [9.17, 15) is 24.5 Å². The van der Waals surface area contributed by atoms with E-state index in [2.05, 4.69) is 4.98 Å². The molecule has 1 fully saturated rings. The maximum absolute atomic E-state index is 12.9. The van der Waals surface area contributed by atoms with Crippen LogP contribution in [0.1, 0.15) is 30.8 Å². The highest BCUT2D eigenvalue weighted by molar-refractivity contribution is 8.18. The summed E-state index contributed by atoms with van der Waals surface area (Å²) in [5.74, 6) is -0.440. The molecule has 2 aromatic heterocycles. The Kier molecular flexibility index (Phi) is 7.62. The molecule has 1 saturated heterocycles. The van der Waals surface area contributed by atoms with E-state index in [0.29, 0.717) is 5.75 Å². The van der Waals surface area contributed by atoms with Crippen LogP contribution in [0.15, 0.2) is 53.6 Å². The van der Waals surface area contributed by atoms with Gasteiger partial charge < -0.3 is 14.0 Å². The molecule has 2 amide bonds. The van der Waals surface area contributed by atoms with Gasteiger partial charge in [0.2, 0.25) is 5.88 Å². The lowest BCUT2D eigenvalue weighted by molar-refractivity contribution is -0.385. The summed E-state index contributed by atoms with van der Waals surface area (Å²) in [5.41, 5.74) is 3.22. The van der Waals surface area contributed by atoms with Gasteiger partial charge in [0.15, 0.2) is 0 Å². The van der Waals surface area contributed by atoms with Crippen LogP contribution in [0.2, 0.25) is 0 Å². The van der Waals surface area contributed by atoms with Crippen molar-refractivity contribution in [3.63, 3.8) is 0 Å². The van der Waals surface area contributed by atoms with Gasteiger partial charge >= 0.3 is 5.97 Å². The number of benzene rings is 1. The van der Waals surface area contributed by atoms with Crippen LogP contribution in [-0.2, 0) is 14.3 Å². The first-order valence-electron chi connectivity index (χ1n) is 11.6.